The highest BCUT2D eigenvalue weighted by Gasteiger charge is 2.16. The number of anilines is 1. The lowest BCUT2D eigenvalue weighted by Crippen LogP contribution is -2.18. The molecule has 0 saturated carbocycles. The number of aliphatic hydroxyl groups is 1. The fourth-order valence-corrected chi connectivity index (χ4v) is 2.34. The number of aromatic nitrogens is 1. The molecule has 0 spiro atoms. The molecule has 1 aromatic carbocycles. The molecule has 3 rings (SSSR count). The average molecular weight is 284 g/mol. The molecule has 5 heteroatoms. The molecule has 1 atom stereocenters. The summed E-state index contributed by atoms with van der Waals surface area (Å²) in [7, 11) is 0. The number of nitrogens with zero attached hydrogens (tertiary/aromatic N) is 1. The van der Waals surface area contributed by atoms with Crippen LogP contribution in [0.25, 0.3) is 0 Å². The summed E-state index contributed by atoms with van der Waals surface area (Å²) in [5.41, 5.74) is 2.51. The summed E-state index contributed by atoms with van der Waals surface area (Å²) in [5.74, 6) is 1.08. The fraction of sp³-hybridized carbons (Fsp3) is 0.250. The number of benzene rings is 1. The Labute approximate surface area is 122 Å². The van der Waals surface area contributed by atoms with E-state index in [2.05, 4.69) is 10.3 Å². The van der Waals surface area contributed by atoms with E-state index in [9.17, 15) is 9.90 Å². The monoisotopic (exact) mass is 284 g/mol. The molecule has 1 amide bonds. The third-order valence-corrected chi connectivity index (χ3v) is 3.44. The van der Waals surface area contributed by atoms with E-state index in [-0.39, 0.29) is 5.91 Å². The van der Waals surface area contributed by atoms with Gasteiger partial charge >= 0.3 is 0 Å². The van der Waals surface area contributed by atoms with Crippen molar-refractivity contribution in [3.05, 3.63) is 47.7 Å². The first-order chi connectivity index (χ1) is 10.1. The van der Waals surface area contributed by atoms with Crippen molar-refractivity contribution in [1.29, 1.82) is 0 Å². The lowest BCUT2D eigenvalue weighted by atomic mass is 10.0. The number of aliphatic hydroxyl groups excluding tert-OH is 1. The lowest BCUT2D eigenvalue weighted by Gasteiger charge is -2.18. The Bertz CT molecular complexity index is 683. The van der Waals surface area contributed by atoms with Crippen LogP contribution in [0.15, 0.2) is 36.5 Å². The van der Waals surface area contributed by atoms with Crippen LogP contribution in [0.3, 0.4) is 0 Å². The minimum atomic E-state index is -0.648. The van der Waals surface area contributed by atoms with Gasteiger partial charge in [-0.05, 0) is 49.2 Å². The predicted octanol–water partition coefficient (Wildman–Crippen LogP) is 2.81. The summed E-state index contributed by atoms with van der Waals surface area (Å²) >= 11 is 0. The molecule has 1 aliphatic rings. The van der Waals surface area contributed by atoms with E-state index in [0.29, 0.717) is 30.0 Å². The zero-order valence-corrected chi connectivity index (χ0v) is 11.7. The zero-order chi connectivity index (χ0) is 14.8. The number of carbonyl (C=O) groups is 1. The largest absolute Gasteiger partial charge is 0.439 e. The first-order valence-corrected chi connectivity index (χ1v) is 6.87. The number of hydrogen-bond acceptors (Lipinski definition) is 4. The summed E-state index contributed by atoms with van der Waals surface area (Å²) in [5, 5.41) is 12.6. The van der Waals surface area contributed by atoms with Crippen LogP contribution in [0.1, 0.15) is 30.6 Å². The van der Waals surface area contributed by atoms with Crippen LogP contribution in [-0.4, -0.2) is 16.0 Å². The standard InChI is InChI=1S/C16H16N2O3/c1-10(19)13-3-2-8-17-16(13)21-12-5-6-14-11(9-12)4-7-15(20)18-14/h2-3,5-6,8-10,19H,4,7H2,1H3,(H,18,20)/t10-/m0/s1. The fourth-order valence-electron chi connectivity index (χ4n) is 2.34. The van der Waals surface area contributed by atoms with Crippen LogP contribution < -0.4 is 10.1 Å². The van der Waals surface area contributed by atoms with Crippen molar-refractivity contribution in [3.63, 3.8) is 0 Å². The van der Waals surface area contributed by atoms with Gasteiger partial charge in [0, 0.05) is 23.9 Å². The maximum atomic E-state index is 11.3. The molecule has 0 bridgehead atoms. The number of hydrogen-bond donors (Lipinski definition) is 2. The van der Waals surface area contributed by atoms with Gasteiger partial charge in [-0.3, -0.25) is 4.79 Å². The highest BCUT2D eigenvalue weighted by atomic mass is 16.5. The maximum Gasteiger partial charge on any atom is 0.225 e. The Balaban J connectivity index is 1.88. The van der Waals surface area contributed by atoms with E-state index in [1.807, 2.05) is 12.1 Å². The van der Waals surface area contributed by atoms with Crippen LogP contribution in [0, 0.1) is 0 Å². The highest BCUT2D eigenvalue weighted by molar-refractivity contribution is 5.94. The van der Waals surface area contributed by atoms with Gasteiger partial charge in [0.25, 0.3) is 0 Å². The Morgan fingerprint density at radius 3 is 3.00 bits per heavy atom. The maximum absolute atomic E-state index is 11.3. The molecule has 5 nitrogen and oxygen atoms in total. The van der Waals surface area contributed by atoms with Crippen LogP contribution in [0.2, 0.25) is 0 Å². The Morgan fingerprint density at radius 1 is 1.33 bits per heavy atom. The van der Waals surface area contributed by atoms with Crippen LogP contribution in [0.4, 0.5) is 5.69 Å². The molecule has 0 radical (unpaired) electrons. The lowest BCUT2D eigenvalue weighted by molar-refractivity contribution is -0.116. The quantitative estimate of drug-likeness (QED) is 0.909. The number of nitrogens with one attached hydrogen (secondary N) is 1. The van der Waals surface area contributed by atoms with Crippen molar-refractivity contribution in [2.24, 2.45) is 0 Å². The second kappa shape index (κ2) is 5.54. The van der Waals surface area contributed by atoms with Crippen molar-refractivity contribution >= 4 is 11.6 Å². The number of carbonyl (C=O) groups excluding carboxylic acids is 1. The number of fused-ring (bicyclic) bond motifs is 1. The van der Waals surface area contributed by atoms with E-state index in [4.69, 9.17) is 4.74 Å². The molecule has 2 N–H and O–H groups in total. The average Bonchev–Trinajstić information content (AvgIpc) is 2.48. The normalized spacial score (nSPS) is 15.0. The Morgan fingerprint density at radius 2 is 2.19 bits per heavy atom. The minimum Gasteiger partial charge on any atom is -0.439 e. The molecule has 2 aromatic rings. The van der Waals surface area contributed by atoms with Crippen LogP contribution in [0.5, 0.6) is 11.6 Å². The van der Waals surface area contributed by atoms with Gasteiger partial charge in [0.2, 0.25) is 11.8 Å². The summed E-state index contributed by atoms with van der Waals surface area (Å²) in [6, 6.07) is 9.05. The van der Waals surface area contributed by atoms with Gasteiger partial charge in [-0.1, -0.05) is 0 Å². The summed E-state index contributed by atoms with van der Waals surface area (Å²) in [6.45, 7) is 1.67. The van der Waals surface area contributed by atoms with Crippen LogP contribution in [-0.2, 0) is 11.2 Å². The van der Waals surface area contributed by atoms with Gasteiger partial charge in [-0.15, -0.1) is 0 Å². The third kappa shape index (κ3) is 2.87. The van der Waals surface area contributed by atoms with Crippen molar-refractivity contribution < 1.29 is 14.6 Å². The second-order valence-corrected chi connectivity index (χ2v) is 5.04. The van der Waals surface area contributed by atoms with Gasteiger partial charge in [-0.2, -0.15) is 0 Å². The van der Waals surface area contributed by atoms with E-state index >= 15 is 0 Å². The van der Waals surface area contributed by atoms with E-state index in [1.165, 1.54) is 0 Å². The first-order valence-electron chi connectivity index (χ1n) is 6.87. The molecule has 0 unspecified atom stereocenters. The predicted molar refractivity (Wildman–Crippen MR) is 78.3 cm³/mol. The molecule has 0 fully saturated rings. The molecular formula is C16H16N2O3. The summed E-state index contributed by atoms with van der Waals surface area (Å²) < 4.78 is 5.78. The molecule has 0 aliphatic carbocycles. The highest BCUT2D eigenvalue weighted by Crippen LogP contribution is 2.31. The van der Waals surface area contributed by atoms with Gasteiger partial charge in [-0.25, -0.2) is 4.98 Å². The molecule has 108 valence electrons. The molecule has 0 saturated heterocycles. The first kappa shape index (κ1) is 13.6. The van der Waals surface area contributed by atoms with Crippen molar-refractivity contribution in [1.82, 2.24) is 4.98 Å². The molecule has 1 aliphatic heterocycles. The van der Waals surface area contributed by atoms with Gasteiger partial charge < -0.3 is 15.2 Å². The number of aryl methyl sites for hydroxylation is 1. The van der Waals surface area contributed by atoms with Gasteiger partial charge in [0.15, 0.2) is 0 Å². The summed E-state index contributed by atoms with van der Waals surface area (Å²) in [4.78, 5) is 15.5. The Kier molecular flexibility index (Phi) is 3.58. The number of rotatable bonds is 3. The van der Waals surface area contributed by atoms with Crippen molar-refractivity contribution in [3.8, 4) is 11.6 Å². The Hall–Kier alpha value is -2.40. The SMILES string of the molecule is C[C@H](O)c1cccnc1Oc1ccc2c(c1)CCC(=O)N2. The van der Waals surface area contributed by atoms with Crippen molar-refractivity contribution in [2.45, 2.75) is 25.9 Å². The molecule has 2 heterocycles. The van der Waals surface area contributed by atoms with E-state index in [0.717, 1.165) is 11.3 Å². The zero-order valence-electron chi connectivity index (χ0n) is 11.7. The number of ether oxygens (including phenoxy) is 1. The minimum absolute atomic E-state index is 0.0392. The van der Waals surface area contributed by atoms with Crippen LogP contribution >= 0.6 is 0 Å². The topological polar surface area (TPSA) is 71.5 Å². The second-order valence-electron chi connectivity index (χ2n) is 5.04. The van der Waals surface area contributed by atoms with Gasteiger partial charge in [0.1, 0.15) is 5.75 Å². The molecule has 21 heavy (non-hydrogen) atoms. The number of pyridine rings is 1. The summed E-state index contributed by atoms with van der Waals surface area (Å²) in [6.07, 6.45) is 2.16. The van der Waals surface area contributed by atoms with E-state index in [1.54, 1.807) is 31.3 Å². The molecular weight excluding hydrogens is 268 g/mol. The van der Waals surface area contributed by atoms with Gasteiger partial charge in [0.05, 0.1) is 6.10 Å². The smallest absolute Gasteiger partial charge is 0.225 e. The third-order valence-electron chi connectivity index (χ3n) is 3.44. The van der Waals surface area contributed by atoms with Crippen molar-refractivity contribution in [2.75, 3.05) is 5.32 Å². The van der Waals surface area contributed by atoms with E-state index < -0.39 is 6.10 Å². The number of amides is 1. The molecule has 1 aromatic heterocycles.